The maximum absolute atomic E-state index is 6.84. The molecule has 1 aliphatic heterocycles. The summed E-state index contributed by atoms with van der Waals surface area (Å²) in [4.78, 5) is 14.6. The van der Waals surface area contributed by atoms with Crippen LogP contribution in [0.4, 0.5) is 0 Å². The Labute approximate surface area is 363 Å². The van der Waals surface area contributed by atoms with Crippen LogP contribution in [-0.2, 0) is 5.41 Å². The molecule has 0 saturated carbocycles. The summed E-state index contributed by atoms with van der Waals surface area (Å²) in [5.74, 6) is 2.39. The number of ether oxygens (including phenoxy) is 1. The minimum absolute atomic E-state index is 0.498. The van der Waals surface area contributed by atoms with Crippen LogP contribution >= 0.6 is 0 Å². The molecule has 0 amide bonds. The van der Waals surface area contributed by atoms with Gasteiger partial charge in [-0.1, -0.05) is 158 Å². The Kier molecular flexibility index (Phi) is 7.75. The summed E-state index contributed by atoms with van der Waals surface area (Å²) in [5, 5.41) is 2.06. The molecular weight excluding hydrogens is 771 g/mol. The van der Waals surface area contributed by atoms with Gasteiger partial charge in [0.1, 0.15) is 22.7 Å². The van der Waals surface area contributed by atoms with E-state index in [9.17, 15) is 0 Å². The highest BCUT2D eigenvalue weighted by Crippen LogP contribution is 2.62. The van der Waals surface area contributed by atoms with Gasteiger partial charge in [0.2, 0.25) is 0 Å². The topological polar surface area (TPSA) is 61.0 Å². The van der Waals surface area contributed by atoms with E-state index >= 15 is 0 Å². The zero-order chi connectivity index (χ0) is 41.5. The zero-order valence-electron chi connectivity index (χ0n) is 33.9. The standard InChI is InChI=1S/C58H35N3O2/c1-2-12-38(13-3-1)57-60-51(37-25-23-36(24-26-37)41-14-11-31-59-35-41)34-52(61-57)45-18-10-17-44-46-32-39(28-30-53(46)63-56(44)45)40-27-29-50-55(33-40)62-54-22-9-8-21-49(54)58(50)47-19-6-4-15-42(47)43-16-5-7-20-48(43)58/h1-35H. The van der Waals surface area contributed by atoms with Gasteiger partial charge in [-0.15, -0.1) is 0 Å². The second-order valence-corrected chi connectivity index (χ2v) is 16.3. The first-order valence-corrected chi connectivity index (χ1v) is 21.2. The van der Waals surface area contributed by atoms with Crippen molar-refractivity contribution in [2.24, 2.45) is 0 Å². The van der Waals surface area contributed by atoms with E-state index in [2.05, 4.69) is 169 Å². The molecule has 1 aliphatic carbocycles. The van der Waals surface area contributed by atoms with Crippen molar-refractivity contribution in [3.8, 4) is 78.8 Å². The monoisotopic (exact) mass is 805 g/mol. The second kappa shape index (κ2) is 13.8. The quantitative estimate of drug-likeness (QED) is 0.173. The molecule has 0 N–H and O–H groups in total. The Morgan fingerprint density at radius 3 is 1.81 bits per heavy atom. The highest BCUT2D eigenvalue weighted by atomic mass is 16.5. The number of aromatic nitrogens is 3. The molecule has 2 aliphatic rings. The van der Waals surface area contributed by atoms with E-state index in [0.29, 0.717) is 5.82 Å². The number of para-hydroxylation sites is 2. The van der Waals surface area contributed by atoms with Gasteiger partial charge in [0, 0.05) is 51.0 Å². The first kappa shape index (κ1) is 35.4. The summed E-state index contributed by atoms with van der Waals surface area (Å²) in [5.41, 5.74) is 17.3. The minimum atomic E-state index is -0.498. The van der Waals surface area contributed by atoms with Crippen molar-refractivity contribution in [1.82, 2.24) is 15.0 Å². The van der Waals surface area contributed by atoms with Gasteiger partial charge in [-0.2, -0.15) is 0 Å². The van der Waals surface area contributed by atoms with Crippen molar-refractivity contribution in [2.45, 2.75) is 5.41 Å². The summed E-state index contributed by atoms with van der Waals surface area (Å²) >= 11 is 0. The third-order valence-corrected chi connectivity index (χ3v) is 12.9. The van der Waals surface area contributed by atoms with Crippen LogP contribution in [-0.4, -0.2) is 15.0 Å². The van der Waals surface area contributed by atoms with Gasteiger partial charge in [0.05, 0.1) is 16.8 Å². The smallest absolute Gasteiger partial charge is 0.160 e. The molecule has 1 spiro atoms. The lowest BCUT2D eigenvalue weighted by molar-refractivity contribution is 0.436. The van der Waals surface area contributed by atoms with E-state index in [1.165, 1.54) is 22.3 Å². The lowest BCUT2D eigenvalue weighted by atomic mass is 9.66. The van der Waals surface area contributed by atoms with Gasteiger partial charge >= 0.3 is 0 Å². The number of furan rings is 1. The fourth-order valence-corrected chi connectivity index (χ4v) is 10.0. The zero-order valence-corrected chi connectivity index (χ0v) is 33.9. The van der Waals surface area contributed by atoms with Gasteiger partial charge in [-0.05, 0) is 87.0 Å². The largest absolute Gasteiger partial charge is 0.457 e. The van der Waals surface area contributed by atoms with Crippen LogP contribution in [0.1, 0.15) is 22.3 Å². The molecule has 11 aromatic rings. The Balaban J connectivity index is 0.928. The first-order valence-electron chi connectivity index (χ1n) is 21.2. The Morgan fingerprint density at radius 1 is 0.381 bits per heavy atom. The van der Waals surface area contributed by atoms with E-state index < -0.39 is 5.41 Å². The van der Waals surface area contributed by atoms with Gasteiger partial charge in [0.25, 0.3) is 0 Å². The molecule has 0 saturated heterocycles. The second-order valence-electron chi connectivity index (χ2n) is 16.3. The Bertz CT molecular complexity index is 3550. The maximum Gasteiger partial charge on any atom is 0.160 e. The highest BCUT2D eigenvalue weighted by molar-refractivity contribution is 6.10. The third kappa shape index (κ3) is 5.40. The molecule has 0 fully saturated rings. The van der Waals surface area contributed by atoms with Crippen molar-refractivity contribution < 1.29 is 9.15 Å². The van der Waals surface area contributed by atoms with Gasteiger partial charge in [-0.3, -0.25) is 4.98 Å². The van der Waals surface area contributed by atoms with Crippen LogP contribution in [0.15, 0.2) is 217 Å². The molecule has 0 atom stereocenters. The average molecular weight is 806 g/mol. The van der Waals surface area contributed by atoms with Crippen molar-refractivity contribution in [3.63, 3.8) is 0 Å². The van der Waals surface area contributed by atoms with E-state index in [4.69, 9.17) is 19.1 Å². The summed E-state index contributed by atoms with van der Waals surface area (Å²) in [6.07, 6.45) is 3.67. The summed E-state index contributed by atoms with van der Waals surface area (Å²) < 4.78 is 13.6. The van der Waals surface area contributed by atoms with Gasteiger partial charge in [0.15, 0.2) is 5.82 Å². The van der Waals surface area contributed by atoms with Crippen LogP contribution in [0.25, 0.3) is 89.2 Å². The normalized spacial score (nSPS) is 13.0. The summed E-state index contributed by atoms with van der Waals surface area (Å²) in [6.45, 7) is 0. The number of hydrogen-bond donors (Lipinski definition) is 0. The third-order valence-electron chi connectivity index (χ3n) is 12.9. The lowest BCUT2D eigenvalue weighted by Crippen LogP contribution is -2.32. The van der Waals surface area contributed by atoms with Crippen LogP contribution in [0.3, 0.4) is 0 Å². The summed E-state index contributed by atoms with van der Waals surface area (Å²) in [6, 6.07) is 70.4. The van der Waals surface area contributed by atoms with Crippen molar-refractivity contribution >= 4 is 21.9 Å². The molecule has 13 rings (SSSR count). The van der Waals surface area contributed by atoms with Gasteiger partial charge in [-0.25, -0.2) is 9.97 Å². The molecule has 294 valence electrons. The number of rotatable bonds is 5. The van der Waals surface area contributed by atoms with Crippen LogP contribution in [0.2, 0.25) is 0 Å². The molecular formula is C58H35N3O2. The van der Waals surface area contributed by atoms with Crippen LogP contribution < -0.4 is 4.74 Å². The van der Waals surface area contributed by atoms with Crippen molar-refractivity contribution in [2.75, 3.05) is 0 Å². The number of benzene rings is 8. The summed E-state index contributed by atoms with van der Waals surface area (Å²) in [7, 11) is 0. The fourth-order valence-electron chi connectivity index (χ4n) is 10.0. The highest BCUT2D eigenvalue weighted by Gasteiger charge is 2.50. The van der Waals surface area contributed by atoms with Crippen molar-refractivity contribution in [3.05, 3.63) is 235 Å². The number of fused-ring (bicyclic) bond motifs is 12. The first-order chi connectivity index (χ1) is 31.2. The molecule has 4 heterocycles. The predicted octanol–water partition coefficient (Wildman–Crippen LogP) is 14.6. The van der Waals surface area contributed by atoms with Crippen LogP contribution in [0, 0.1) is 0 Å². The van der Waals surface area contributed by atoms with E-state index in [1.54, 1.807) is 6.20 Å². The molecule has 5 heteroatoms. The van der Waals surface area contributed by atoms with E-state index in [-0.39, 0.29) is 0 Å². The van der Waals surface area contributed by atoms with Gasteiger partial charge < -0.3 is 9.15 Å². The lowest BCUT2D eigenvalue weighted by Gasteiger charge is -2.39. The molecule has 0 radical (unpaired) electrons. The molecule has 0 bridgehead atoms. The number of hydrogen-bond acceptors (Lipinski definition) is 5. The van der Waals surface area contributed by atoms with E-state index in [0.717, 1.165) is 94.9 Å². The Morgan fingerprint density at radius 2 is 1.02 bits per heavy atom. The fraction of sp³-hybridized carbons (Fsp3) is 0.0172. The van der Waals surface area contributed by atoms with Crippen LogP contribution in [0.5, 0.6) is 11.5 Å². The molecule has 0 unspecified atom stereocenters. The maximum atomic E-state index is 6.84. The SMILES string of the molecule is c1ccc(-c2nc(-c3ccc(-c4cccnc4)cc3)cc(-c3cccc4c3oc3ccc(-c5ccc6c(c5)Oc5ccccc5C65c6ccccc6-c6ccccc65)cc34)n2)cc1. The molecule has 3 aromatic heterocycles. The number of pyridine rings is 1. The molecule has 8 aromatic carbocycles. The van der Waals surface area contributed by atoms with E-state index in [1.807, 2.05) is 42.6 Å². The molecule has 5 nitrogen and oxygen atoms in total. The van der Waals surface area contributed by atoms with Crippen molar-refractivity contribution in [1.29, 1.82) is 0 Å². The molecule has 63 heavy (non-hydrogen) atoms. The average Bonchev–Trinajstić information content (AvgIpc) is 3.88. The Hall–Kier alpha value is -8.41. The predicted molar refractivity (Wildman–Crippen MR) is 252 cm³/mol. The minimum Gasteiger partial charge on any atom is -0.457 e. The number of nitrogens with zero attached hydrogens (tertiary/aromatic N) is 3.